The highest BCUT2D eigenvalue weighted by molar-refractivity contribution is 6.36. The van der Waals surface area contributed by atoms with E-state index in [9.17, 15) is 10.1 Å². The number of piperidine rings is 1. The molecule has 3 aromatic heterocycles. The molecular formula is C27H26Cl2N8O. The highest BCUT2D eigenvalue weighted by Crippen LogP contribution is 2.37. The third kappa shape index (κ3) is 4.43. The number of likely N-dealkylation sites (tertiary alicyclic amines) is 2. The average Bonchev–Trinajstić information content (AvgIpc) is 3.58. The third-order valence-electron chi connectivity index (χ3n) is 7.82. The maximum absolute atomic E-state index is 12.9. The van der Waals surface area contributed by atoms with Gasteiger partial charge in [0.25, 0.3) is 0 Å². The number of hydrogen-bond donors (Lipinski definition) is 1. The first-order valence-corrected chi connectivity index (χ1v) is 13.4. The molecule has 6 rings (SSSR count). The minimum Gasteiger partial charge on any atom is -0.346 e. The Balaban J connectivity index is 1.10. The minimum absolute atomic E-state index is 0.0474. The molecule has 1 aromatic carbocycles. The van der Waals surface area contributed by atoms with Crippen LogP contribution >= 0.6 is 23.2 Å². The number of rotatable bonds is 6. The first kappa shape index (κ1) is 24.9. The molecule has 2 fully saturated rings. The Kier molecular flexibility index (Phi) is 6.56. The Morgan fingerprint density at radius 1 is 1.16 bits per heavy atom. The first-order valence-electron chi connectivity index (χ1n) is 12.6. The van der Waals surface area contributed by atoms with E-state index in [2.05, 4.69) is 31.0 Å². The van der Waals surface area contributed by atoms with Crippen molar-refractivity contribution in [1.29, 1.82) is 5.26 Å². The fraction of sp³-hybridized carbons (Fsp3) is 0.370. The summed E-state index contributed by atoms with van der Waals surface area (Å²) in [4.78, 5) is 29.1. The Bertz CT molecular complexity index is 1510. The maximum atomic E-state index is 12.9. The predicted octanol–water partition coefficient (Wildman–Crippen LogP) is 4.29. The molecule has 38 heavy (non-hydrogen) atoms. The first-order chi connectivity index (χ1) is 18.5. The SMILES string of the molecule is N#CCC1(n2cc(-c3ncnc4[nH]ccc34)cn2)CN(C2CCN(C(=O)Cc3c(Cl)cccc3Cl)CC2)C1. The van der Waals surface area contributed by atoms with E-state index in [1.165, 1.54) is 0 Å². The fourth-order valence-electron chi connectivity index (χ4n) is 5.70. The molecule has 0 saturated carbocycles. The molecule has 0 unspecified atom stereocenters. The number of nitrogens with one attached hydrogen (secondary N) is 1. The molecule has 0 aliphatic carbocycles. The van der Waals surface area contributed by atoms with Crippen LogP contribution in [-0.4, -0.2) is 72.7 Å². The van der Waals surface area contributed by atoms with Gasteiger partial charge in [0, 0.05) is 65.6 Å². The topological polar surface area (TPSA) is 107 Å². The van der Waals surface area contributed by atoms with Gasteiger partial charge in [0.15, 0.2) is 0 Å². The van der Waals surface area contributed by atoms with Crippen LogP contribution in [0.5, 0.6) is 0 Å². The number of nitrogens with zero attached hydrogens (tertiary/aromatic N) is 7. The van der Waals surface area contributed by atoms with E-state index in [-0.39, 0.29) is 17.9 Å². The summed E-state index contributed by atoms with van der Waals surface area (Å²) in [5, 5.41) is 16.3. The van der Waals surface area contributed by atoms with E-state index in [0.717, 1.165) is 48.2 Å². The summed E-state index contributed by atoms with van der Waals surface area (Å²) in [6, 6.07) is 10.00. The maximum Gasteiger partial charge on any atom is 0.227 e. The Labute approximate surface area is 230 Å². The van der Waals surface area contributed by atoms with Crippen LogP contribution in [0, 0.1) is 11.3 Å². The van der Waals surface area contributed by atoms with Crippen LogP contribution in [0.1, 0.15) is 24.8 Å². The van der Waals surface area contributed by atoms with E-state index in [0.29, 0.717) is 41.2 Å². The third-order valence-corrected chi connectivity index (χ3v) is 8.53. The van der Waals surface area contributed by atoms with Gasteiger partial charge in [-0.25, -0.2) is 9.97 Å². The molecule has 1 N–H and O–H groups in total. The molecule has 2 aliphatic rings. The number of H-pyrrole nitrogens is 1. The predicted molar refractivity (Wildman–Crippen MR) is 145 cm³/mol. The van der Waals surface area contributed by atoms with Gasteiger partial charge >= 0.3 is 0 Å². The number of carbonyl (C=O) groups excluding carboxylic acids is 1. The van der Waals surface area contributed by atoms with Gasteiger partial charge < -0.3 is 9.88 Å². The zero-order valence-corrected chi connectivity index (χ0v) is 22.2. The quantitative estimate of drug-likeness (QED) is 0.385. The normalized spacial score (nSPS) is 17.9. The Hall–Kier alpha value is -3.45. The second kappa shape index (κ2) is 10.0. The molecule has 0 radical (unpaired) electrons. The number of benzene rings is 1. The summed E-state index contributed by atoms with van der Waals surface area (Å²) in [6.07, 6.45) is 9.56. The van der Waals surface area contributed by atoms with Gasteiger partial charge in [-0.15, -0.1) is 0 Å². The van der Waals surface area contributed by atoms with Crippen LogP contribution in [0.15, 0.2) is 49.2 Å². The van der Waals surface area contributed by atoms with Crippen LogP contribution < -0.4 is 0 Å². The number of aromatic nitrogens is 5. The number of halogens is 2. The number of fused-ring (bicyclic) bond motifs is 1. The zero-order chi connectivity index (χ0) is 26.3. The van der Waals surface area contributed by atoms with Crippen molar-refractivity contribution in [3.8, 4) is 17.3 Å². The number of aromatic amines is 1. The average molecular weight is 549 g/mol. The van der Waals surface area contributed by atoms with Crippen molar-refractivity contribution in [1.82, 2.24) is 34.5 Å². The van der Waals surface area contributed by atoms with Crippen molar-refractivity contribution in [2.75, 3.05) is 26.2 Å². The van der Waals surface area contributed by atoms with Crippen LogP contribution in [0.4, 0.5) is 0 Å². The summed E-state index contributed by atoms with van der Waals surface area (Å²) in [7, 11) is 0. The van der Waals surface area contributed by atoms with Crippen LogP contribution in [-0.2, 0) is 16.8 Å². The lowest BCUT2D eigenvalue weighted by atomic mass is 9.83. The Morgan fingerprint density at radius 2 is 1.92 bits per heavy atom. The van der Waals surface area contributed by atoms with Gasteiger partial charge in [-0.1, -0.05) is 29.3 Å². The van der Waals surface area contributed by atoms with Crippen LogP contribution in [0.25, 0.3) is 22.3 Å². The highest BCUT2D eigenvalue weighted by atomic mass is 35.5. The summed E-state index contributed by atoms with van der Waals surface area (Å²) >= 11 is 12.5. The molecule has 9 nitrogen and oxygen atoms in total. The Morgan fingerprint density at radius 3 is 2.66 bits per heavy atom. The molecule has 4 aromatic rings. The molecule has 2 saturated heterocycles. The summed E-state index contributed by atoms with van der Waals surface area (Å²) in [5.74, 6) is 0.0474. The van der Waals surface area contributed by atoms with E-state index >= 15 is 0 Å². The highest BCUT2D eigenvalue weighted by Gasteiger charge is 2.48. The standard InChI is InChI=1S/C27H26Cl2N8O/c28-22-2-1-3-23(29)21(22)12-24(38)35-10-5-19(6-11-35)36-15-27(16-36,7-8-30)37-14-18(13-34-37)25-20-4-9-31-26(20)33-17-32-25/h1-4,9,13-14,17,19H,5-7,10-12,15-16H2,(H,31,32,33). The second-order valence-electron chi connectivity index (χ2n) is 10.1. The number of hydrogen-bond acceptors (Lipinski definition) is 6. The van der Waals surface area contributed by atoms with Gasteiger partial charge in [-0.2, -0.15) is 10.4 Å². The van der Waals surface area contributed by atoms with Gasteiger partial charge in [-0.3, -0.25) is 14.4 Å². The molecule has 194 valence electrons. The van der Waals surface area contributed by atoms with Gasteiger partial charge in [0.2, 0.25) is 5.91 Å². The van der Waals surface area contributed by atoms with Crippen molar-refractivity contribution in [2.24, 2.45) is 0 Å². The van der Waals surface area contributed by atoms with Crippen LogP contribution in [0.3, 0.4) is 0 Å². The second-order valence-corrected chi connectivity index (χ2v) is 10.9. The van der Waals surface area contributed by atoms with Crippen molar-refractivity contribution in [3.05, 3.63) is 64.8 Å². The van der Waals surface area contributed by atoms with Gasteiger partial charge in [0.1, 0.15) is 17.5 Å². The molecule has 5 heterocycles. The van der Waals surface area contributed by atoms with Crippen molar-refractivity contribution >= 4 is 40.1 Å². The van der Waals surface area contributed by atoms with E-state index in [1.807, 2.05) is 34.2 Å². The number of nitriles is 1. The van der Waals surface area contributed by atoms with E-state index < -0.39 is 0 Å². The van der Waals surface area contributed by atoms with E-state index in [1.54, 1.807) is 24.5 Å². The largest absolute Gasteiger partial charge is 0.346 e. The van der Waals surface area contributed by atoms with Crippen molar-refractivity contribution in [3.63, 3.8) is 0 Å². The molecule has 0 spiro atoms. The molecule has 2 aliphatic heterocycles. The lowest BCUT2D eigenvalue weighted by molar-refractivity contribution is -0.133. The number of carbonyl (C=O) groups is 1. The molecule has 0 atom stereocenters. The summed E-state index contributed by atoms with van der Waals surface area (Å²) < 4.78 is 1.94. The summed E-state index contributed by atoms with van der Waals surface area (Å²) in [5.41, 5.74) is 2.82. The number of amides is 1. The van der Waals surface area contributed by atoms with Crippen LogP contribution in [0.2, 0.25) is 10.0 Å². The molecule has 0 bridgehead atoms. The van der Waals surface area contributed by atoms with Gasteiger partial charge in [-0.05, 0) is 36.6 Å². The molecule has 11 heteroatoms. The van der Waals surface area contributed by atoms with Crippen molar-refractivity contribution in [2.45, 2.75) is 37.3 Å². The lowest BCUT2D eigenvalue weighted by Gasteiger charge is -2.53. The van der Waals surface area contributed by atoms with Crippen molar-refractivity contribution < 1.29 is 4.79 Å². The lowest BCUT2D eigenvalue weighted by Crippen LogP contribution is -2.66. The van der Waals surface area contributed by atoms with E-state index in [4.69, 9.17) is 23.2 Å². The fourth-order valence-corrected chi connectivity index (χ4v) is 6.24. The van der Waals surface area contributed by atoms with Gasteiger partial charge in [0.05, 0.1) is 30.8 Å². The monoisotopic (exact) mass is 548 g/mol. The zero-order valence-electron chi connectivity index (χ0n) is 20.6. The minimum atomic E-state index is -0.370. The summed E-state index contributed by atoms with van der Waals surface area (Å²) in [6.45, 7) is 2.89. The molecule has 1 amide bonds. The smallest absolute Gasteiger partial charge is 0.227 e. The molecular weight excluding hydrogens is 523 g/mol.